The van der Waals surface area contributed by atoms with Crippen molar-refractivity contribution in [1.82, 2.24) is 4.98 Å². The average Bonchev–Trinajstić information content (AvgIpc) is 3.21. The average molecular weight is 457 g/mol. The molecular weight excluding hydrogens is 439 g/mol. The lowest BCUT2D eigenvalue weighted by Crippen LogP contribution is -2.31. The summed E-state index contributed by atoms with van der Waals surface area (Å²) in [6.07, 6.45) is 0.174. The maximum atomic E-state index is 13.4. The lowest BCUT2D eigenvalue weighted by atomic mass is 10.1. The maximum Gasteiger partial charge on any atom is 0.233 e. The number of fused-ring (bicyclic) bond motifs is 1. The Morgan fingerprint density at radius 3 is 2.47 bits per heavy atom. The van der Waals surface area contributed by atoms with Gasteiger partial charge in [0.05, 0.1) is 29.8 Å². The molecule has 0 saturated carbocycles. The van der Waals surface area contributed by atoms with Crippen LogP contribution in [0, 0.1) is 0 Å². The SMILES string of the molecule is COc1ccc(Cl)c2sc(N(Cc3ccccc3)C(=O)Cc3ccccc3Cl)nc12. The molecule has 0 aliphatic carbocycles. The van der Waals surface area contributed by atoms with Crippen LogP contribution >= 0.6 is 34.5 Å². The third kappa shape index (κ3) is 4.29. The standard InChI is InChI=1S/C23H18Cl2N2O2S/c1-29-19-12-11-18(25)22-21(19)26-23(30-22)27(14-15-7-3-2-4-8-15)20(28)13-16-9-5-6-10-17(16)24/h2-12H,13-14H2,1H3. The number of carbonyl (C=O) groups excluding carboxylic acids is 1. The summed E-state index contributed by atoms with van der Waals surface area (Å²) in [5.74, 6) is 0.524. The second-order valence-corrected chi connectivity index (χ2v) is 8.45. The minimum absolute atomic E-state index is 0.0962. The second kappa shape index (κ2) is 9.04. The Labute approximate surface area is 188 Å². The number of hydrogen-bond donors (Lipinski definition) is 0. The Kier molecular flexibility index (Phi) is 6.23. The molecule has 4 aromatic rings. The van der Waals surface area contributed by atoms with Crippen LogP contribution < -0.4 is 9.64 Å². The molecule has 0 unspecified atom stereocenters. The van der Waals surface area contributed by atoms with Gasteiger partial charge in [0.2, 0.25) is 5.91 Å². The van der Waals surface area contributed by atoms with Crippen molar-refractivity contribution < 1.29 is 9.53 Å². The predicted molar refractivity (Wildman–Crippen MR) is 124 cm³/mol. The molecule has 4 rings (SSSR count). The predicted octanol–water partition coefficient (Wildman–Crippen LogP) is 6.39. The van der Waals surface area contributed by atoms with Crippen molar-refractivity contribution in [2.24, 2.45) is 0 Å². The van der Waals surface area contributed by atoms with Gasteiger partial charge in [-0.3, -0.25) is 9.69 Å². The monoisotopic (exact) mass is 456 g/mol. The zero-order valence-corrected chi connectivity index (χ0v) is 18.5. The fourth-order valence-electron chi connectivity index (χ4n) is 3.15. The van der Waals surface area contributed by atoms with E-state index in [1.807, 2.05) is 48.5 Å². The summed E-state index contributed by atoms with van der Waals surface area (Å²) >= 11 is 14.0. The van der Waals surface area contributed by atoms with Gasteiger partial charge in [-0.15, -0.1) is 0 Å². The number of carbonyl (C=O) groups is 1. The van der Waals surface area contributed by atoms with Crippen LogP contribution in [0.1, 0.15) is 11.1 Å². The van der Waals surface area contributed by atoms with E-state index >= 15 is 0 Å². The smallest absolute Gasteiger partial charge is 0.233 e. The number of nitrogens with zero attached hydrogens (tertiary/aromatic N) is 2. The van der Waals surface area contributed by atoms with E-state index in [1.54, 1.807) is 30.2 Å². The van der Waals surface area contributed by atoms with Gasteiger partial charge in [-0.2, -0.15) is 0 Å². The number of aromatic nitrogens is 1. The number of hydrogen-bond acceptors (Lipinski definition) is 4. The molecule has 4 nitrogen and oxygen atoms in total. The summed E-state index contributed by atoms with van der Waals surface area (Å²) in [4.78, 5) is 19.7. The summed E-state index contributed by atoms with van der Waals surface area (Å²) in [6.45, 7) is 0.393. The van der Waals surface area contributed by atoms with Crippen LogP contribution in [0.4, 0.5) is 5.13 Å². The Bertz CT molecular complexity index is 1190. The van der Waals surface area contributed by atoms with E-state index in [2.05, 4.69) is 0 Å². The van der Waals surface area contributed by atoms with E-state index < -0.39 is 0 Å². The minimum atomic E-state index is -0.0962. The fraction of sp³-hybridized carbons (Fsp3) is 0.130. The molecule has 0 aliphatic rings. The van der Waals surface area contributed by atoms with Crippen LogP contribution in [0.25, 0.3) is 10.2 Å². The molecule has 0 N–H and O–H groups in total. The number of benzene rings is 3. The van der Waals surface area contributed by atoms with Crippen molar-refractivity contribution in [2.45, 2.75) is 13.0 Å². The molecule has 0 fully saturated rings. The third-order valence-corrected chi connectivity index (χ3v) is 6.59. The summed E-state index contributed by atoms with van der Waals surface area (Å²) in [7, 11) is 1.59. The second-order valence-electron chi connectivity index (χ2n) is 6.66. The highest BCUT2D eigenvalue weighted by molar-refractivity contribution is 7.23. The van der Waals surface area contributed by atoms with E-state index in [1.165, 1.54) is 11.3 Å². The van der Waals surface area contributed by atoms with Gasteiger partial charge in [0.25, 0.3) is 0 Å². The van der Waals surface area contributed by atoms with Crippen molar-refractivity contribution in [2.75, 3.05) is 12.0 Å². The number of ether oxygens (including phenoxy) is 1. The molecular formula is C23H18Cl2N2O2S. The molecule has 0 atom stereocenters. The van der Waals surface area contributed by atoms with Gasteiger partial charge in [-0.25, -0.2) is 4.98 Å². The van der Waals surface area contributed by atoms with Crippen LogP contribution in [-0.2, 0) is 17.8 Å². The zero-order chi connectivity index (χ0) is 21.1. The van der Waals surface area contributed by atoms with E-state index in [9.17, 15) is 4.79 Å². The van der Waals surface area contributed by atoms with Crippen molar-refractivity contribution in [1.29, 1.82) is 0 Å². The number of rotatable bonds is 6. The highest BCUT2D eigenvalue weighted by Crippen LogP contribution is 2.39. The Balaban J connectivity index is 1.75. The van der Waals surface area contributed by atoms with Crippen LogP contribution in [0.15, 0.2) is 66.7 Å². The summed E-state index contributed by atoms with van der Waals surface area (Å²) < 4.78 is 6.22. The molecule has 0 spiro atoms. The van der Waals surface area contributed by atoms with E-state index in [0.29, 0.717) is 33.0 Å². The first-order chi connectivity index (χ1) is 14.6. The topological polar surface area (TPSA) is 42.4 Å². The van der Waals surface area contributed by atoms with Crippen LogP contribution in [0.3, 0.4) is 0 Å². The molecule has 0 saturated heterocycles. The first-order valence-corrected chi connectivity index (χ1v) is 10.8. The van der Waals surface area contributed by atoms with Gasteiger partial charge >= 0.3 is 0 Å². The highest BCUT2D eigenvalue weighted by Gasteiger charge is 2.23. The summed E-state index contributed by atoms with van der Waals surface area (Å²) in [5.41, 5.74) is 2.43. The van der Waals surface area contributed by atoms with Crippen molar-refractivity contribution in [3.63, 3.8) is 0 Å². The van der Waals surface area contributed by atoms with E-state index in [4.69, 9.17) is 32.9 Å². The molecule has 152 valence electrons. The molecule has 0 radical (unpaired) electrons. The maximum absolute atomic E-state index is 13.4. The molecule has 1 heterocycles. The molecule has 30 heavy (non-hydrogen) atoms. The number of anilines is 1. The first-order valence-electron chi connectivity index (χ1n) is 9.27. The molecule has 1 amide bonds. The minimum Gasteiger partial charge on any atom is -0.494 e. The van der Waals surface area contributed by atoms with Crippen molar-refractivity contribution in [3.05, 3.63) is 87.9 Å². The van der Waals surface area contributed by atoms with Crippen molar-refractivity contribution >= 4 is 55.8 Å². The van der Waals surface area contributed by atoms with E-state index in [-0.39, 0.29) is 12.3 Å². The first kappa shape index (κ1) is 20.7. The van der Waals surface area contributed by atoms with Crippen LogP contribution in [-0.4, -0.2) is 18.0 Å². The normalized spacial score (nSPS) is 10.9. The molecule has 7 heteroatoms. The van der Waals surface area contributed by atoms with Gasteiger partial charge in [-0.05, 0) is 29.3 Å². The lowest BCUT2D eigenvalue weighted by Gasteiger charge is -2.20. The zero-order valence-electron chi connectivity index (χ0n) is 16.1. The third-order valence-electron chi connectivity index (χ3n) is 4.68. The Hall–Kier alpha value is -2.60. The van der Waals surface area contributed by atoms with Crippen LogP contribution in [0.2, 0.25) is 10.0 Å². The van der Waals surface area contributed by atoms with Gasteiger partial charge < -0.3 is 4.74 Å². The Morgan fingerprint density at radius 2 is 1.73 bits per heavy atom. The highest BCUT2D eigenvalue weighted by atomic mass is 35.5. The number of halogens is 2. The van der Waals surface area contributed by atoms with Gasteiger partial charge in [-0.1, -0.05) is 83.1 Å². The van der Waals surface area contributed by atoms with Gasteiger partial charge in [0.15, 0.2) is 5.13 Å². The molecule has 0 aliphatic heterocycles. The fourth-order valence-corrected chi connectivity index (χ4v) is 4.63. The largest absolute Gasteiger partial charge is 0.494 e. The number of methoxy groups -OCH3 is 1. The summed E-state index contributed by atoms with van der Waals surface area (Å²) in [6, 6.07) is 20.7. The Morgan fingerprint density at radius 1 is 1.00 bits per heavy atom. The van der Waals surface area contributed by atoms with Crippen LogP contribution in [0.5, 0.6) is 5.75 Å². The number of thiazole rings is 1. The van der Waals surface area contributed by atoms with Gasteiger partial charge in [0.1, 0.15) is 11.3 Å². The molecule has 3 aromatic carbocycles. The van der Waals surface area contributed by atoms with Gasteiger partial charge in [0, 0.05) is 5.02 Å². The summed E-state index contributed by atoms with van der Waals surface area (Å²) in [5, 5.41) is 1.71. The van der Waals surface area contributed by atoms with E-state index in [0.717, 1.165) is 15.8 Å². The lowest BCUT2D eigenvalue weighted by molar-refractivity contribution is -0.118. The molecule has 0 bridgehead atoms. The quantitative estimate of drug-likeness (QED) is 0.337. The molecule has 1 aromatic heterocycles. The number of amides is 1. The van der Waals surface area contributed by atoms with Crippen molar-refractivity contribution in [3.8, 4) is 5.75 Å².